The predicted octanol–water partition coefficient (Wildman–Crippen LogP) is 1.09. The molecule has 0 aliphatic heterocycles. The molecule has 1 unspecified atom stereocenters. The minimum atomic E-state index is -0.605. The number of fused-ring (bicyclic) bond motifs is 1. The van der Waals surface area contributed by atoms with Gasteiger partial charge in [-0.25, -0.2) is 4.98 Å². The van der Waals surface area contributed by atoms with Crippen molar-refractivity contribution >= 4 is 5.52 Å². The molecule has 68 valence electrons. The molecule has 13 heavy (non-hydrogen) atoms. The van der Waals surface area contributed by atoms with E-state index < -0.39 is 6.10 Å². The summed E-state index contributed by atoms with van der Waals surface area (Å²) in [7, 11) is 0. The predicted molar refractivity (Wildman–Crippen MR) is 47.5 cm³/mol. The van der Waals surface area contributed by atoms with Crippen LogP contribution in [0.5, 0.6) is 5.75 Å². The van der Waals surface area contributed by atoms with Crippen molar-refractivity contribution in [2.75, 3.05) is 0 Å². The molecule has 2 heterocycles. The molecule has 0 bridgehead atoms. The van der Waals surface area contributed by atoms with Crippen molar-refractivity contribution in [2.24, 2.45) is 0 Å². The molecule has 0 fully saturated rings. The fourth-order valence-corrected chi connectivity index (χ4v) is 1.32. The van der Waals surface area contributed by atoms with Crippen molar-refractivity contribution in [1.82, 2.24) is 9.38 Å². The van der Waals surface area contributed by atoms with Crippen LogP contribution in [0.3, 0.4) is 0 Å². The summed E-state index contributed by atoms with van der Waals surface area (Å²) in [5.41, 5.74) is 0.774. The van der Waals surface area contributed by atoms with Crippen LogP contribution in [0.15, 0.2) is 24.5 Å². The normalized spacial score (nSPS) is 13.4. The molecule has 1 atom stereocenters. The van der Waals surface area contributed by atoms with E-state index in [1.165, 1.54) is 0 Å². The summed E-state index contributed by atoms with van der Waals surface area (Å²) >= 11 is 0. The second-order valence-corrected chi connectivity index (χ2v) is 2.97. The number of aliphatic hydroxyl groups is 1. The second kappa shape index (κ2) is 2.74. The zero-order valence-corrected chi connectivity index (χ0v) is 7.18. The van der Waals surface area contributed by atoms with Crippen molar-refractivity contribution in [1.29, 1.82) is 0 Å². The van der Waals surface area contributed by atoms with Gasteiger partial charge in [-0.15, -0.1) is 0 Å². The summed E-state index contributed by atoms with van der Waals surface area (Å²) in [6.45, 7) is 1.65. The Morgan fingerprint density at radius 3 is 3.00 bits per heavy atom. The minimum absolute atomic E-state index is 0.199. The van der Waals surface area contributed by atoms with Gasteiger partial charge in [-0.05, 0) is 13.0 Å². The van der Waals surface area contributed by atoms with E-state index in [0.717, 1.165) is 5.52 Å². The molecule has 0 saturated heterocycles. The maximum absolute atomic E-state index is 9.33. The van der Waals surface area contributed by atoms with Crippen LogP contribution >= 0.6 is 0 Å². The van der Waals surface area contributed by atoms with Gasteiger partial charge in [0.25, 0.3) is 0 Å². The lowest BCUT2D eigenvalue weighted by Crippen LogP contribution is -1.98. The van der Waals surface area contributed by atoms with Gasteiger partial charge in [0.2, 0.25) is 0 Å². The average molecular weight is 178 g/mol. The Bertz CT molecular complexity index is 434. The van der Waals surface area contributed by atoms with Gasteiger partial charge in [0, 0.05) is 12.3 Å². The van der Waals surface area contributed by atoms with Crippen LogP contribution in [-0.4, -0.2) is 19.6 Å². The Hall–Kier alpha value is -1.55. The zero-order valence-electron chi connectivity index (χ0n) is 7.18. The zero-order chi connectivity index (χ0) is 9.42. The number of aliphatic hydroxyl groups excluding tert-OH is 1. The molecule has 4 heteroatoms. The first kappa shape index (κ1) is 8.07. The van der Waals surface area contributed by atoms with Crippen LogP contribution in [-0.2, 0) is 0 Å². The molecule has 2 aromatic rings. The van der Waals surface area contributed by atoms with Gasteiger partial charge in [0.1, 0.15) is 17.7 Å². The smallest absolute Gasteiger partial charge is 0.141 e. The van der Waals surface area contributed by atoms with Crippen molar-refractivity contribution in [3.8, 4) is 5.75 Å². The highest BCUT2D eigenvalue weighted by molar-refractivity contribution is 5.50. The molecular formula is C9H10N2O2. The Morgan fingerprint density at radius 2 is 2.31 bits per heavy atom. The second-order valence-electron chi connectivity index (χ2n) is 2.97. The van der Waals surface area contributed by atoms with Crippen LogP contribution in [0.1, 0.15) is 18.9 Å². The number of hydrogen-bond donors (Lipinski definition) is 2. The van der Waals surface area contributed by atoms with E-state index in [4.69, 9.17) is 0 Å². The topological polar surface area (TPSA) is 57.8 Å². The lowest BCUT2D eigenvalue weighted by Gasteiger charge is -2.02. The number of aromatic hydroxyl groups is 1. The third-order valence-electron chi connectivity index (χ3n) is 1.92. The highest BCUT2D eigenvalue weighted by atomic mass is 16.3. The minimum Gasteiger partial charge on any atom is -0.508 e. The summed E-state index contributed by atoms with van der Waals surface area (Å²) in [5.74, 6) is 0.777. The molecule has 2 rings (SSSR count). The van der Waals surface area contributed by atoms with E-state index in [-0.39, 0.29) is 5.75 Å². The van der Waals surface area contributed by atoms with E-state index >= 15 is 0 Å². The molecule has 0 aliphatic rings. The van der Waals surface area contributed by atoms with E-state index in [9.17, 15) is 10.2 Å². The highest BCUT2D eigenvalue weighted by Crippen LogP contribution is 2.17. The molecule has 2 aromatic heterocycles. The van der Waals surface area contributed by atoms with E-state index in [2.05, 4.69) is 4.98 Å². The molecule has 0 spiro atoms. The summed E-state index contributed by atoms with van der Waals surface area (Å²) in [6, 6.07) is 3.15. The molecule has 0 aliphatic carbocycles. The van der Waals surface area contributed by atoms with Gasteiger partial charge < -0.3 is 14.6 Å². The van der Waals surface area contributed by atoms with Crippen molar-refractivity contribution in [2.45, 2.75) is 13.0 Å². The molecular weight excluding hydrogens is 168 g/mol. The molecule has 0 amide bonds. The summed E-state index contributed by atoms with van der Waals surface area (Å²) < 4.78 is 1.74. The molecule has 0 saturated carbocycles. The molecule has 2 N–H and O–H groups in total. The largest absolute Gasteiger partial charge is 0.508 e. The summed E-state index contributed by atoms with van der Waals surface area (Å²) in [4.78, 5) is 4.04. The first-order chi connectivity index (χ1) is 6.18. The standard InChI is InChI=1S/C9H10N2O2/c1-6(12)9-10-5-7-4-8(13)2-3-11(7)9/h2-6,12-13H,1H3. The first-order valence-electron chi connectivity index (χ1n) is 4.02. The Labute approximate surface area is 75.1 Å². The fourth-order valence-electron chi connectivity index (χ4n) is 1.32. The molecule has 4 nitrogen and oxygen atoms in total. The van der Waals surface area contributed by atoms with Crippen LogP contribution < -0.4 is 0 Å². The summed E-state index contributed by atoms with van der Waals surface area (Å²) in [6.07, 6.45) is 2.69. The van der Waals surface area contributed by atoms with Gasteiger partial charge in [-0.1, -0.05) is 0 Å². The van der Waals surface area contributed by atoms with E-state index in [1.807, 2.05) is 0 Å². The van der Waals surface area contributed by atoms with Crippen molar-refractivity contribution in [3.05, 3.63) is 30.4 Å². The van der Waals surface area contributed by atoms with Gasteiger partial charge >= 0.3 is 0 Å². The van der Waals surface area contributed by atoms with Crippen LogP contribution in [0, 0.1) is 0 Å². The van der Waals surface area contributed by atoms with Crippen LogP contribution in [0.2, 0.25) is 0 Å². The third kappa shape index (κ3) is 1.25. The third-order valence-corrected chi connectivity index (χ3v) is 1.92. The average Bonchev–Trinajstić information content (AvgIpc) is 2.46. The van der Waals surface area contributed by atoms with Crippen molar-refractivity contribution in [3.63, 3.8) is 0 Å². The lowest BCUT2D eigenvalue weighted by molar-refractivity contribution is 0.188. The van der Waals surface area contributed by atoms with Crippen LogP contribution in [0.25, 0.3) is 5.52 Å². The number of hydrogen-bond acceptors (Lipinski definition) is 3. The molecule has 0 aromatic carbocycles. The van der Waals surface area contributed by atoms with Gasteiger partial charge in [-0.3, -0.25) is 0 Å². The maximum Gasteiger partial charge on any atom is 0.141 e. The van der Waals surface area contributed by atoms with Crippen LogP contribution in [0.4, 0.5) is 0 Å². The van der Waals surface area contributed by atoms with Gasteiger partial charge in [-0.2, -0.15) is 0 Å². The SMILES string of the molecule is CC(O)c1ncc2cc(O)ccn12. The monoisotopic (exact) mass is 178 g/mol. The number of nitrogens with zero attached hydrogens (tertiary/aromatic N) is 2. The lowest BCUT2D eigenvalue weighted by atomic mass is 10.3. The Kier molecular flexibility index (Phi) is 1.70. The van der Waals surface area contributed by atoms with Crippen molar-refractivity contribution < 1.29 is 10.2 Å². The highest BCUT2D eigenvalue weighted by Gasteiger charge is 2.08. The quantitative estimate of drug-likeness (QED) is 0.687. The van der Waals surface area contributed by atoms with Gasteiger partial charge in [0.05, 0.1) is 11.7 Å². The maximum atomic E-state index is 9.33. The summed E-state index contributed by atoms with van der Waals surface area (Å²) in [5, 5.41) is 18.5. The first-order valence-corrected chi connectivity index (χ1v) is 4.02. The van der Waals surface area contributed by atoms with E-state index in [1.54, 1.807) is 35.9 Å². The number of imidazole rings is 1. The molecule has 0 radical (unpaired) electrons. The van der Waals surface area contributed by atoms with E-state index in [0.29, 0.717) is 5.82 Å². The Balaban J connectivity index is 2.69. The number of rotatable bonds is 1. The number of pyridine rings is 1. The van der Waals surface area contributed by atoms with Gasteiger partial charge in [0.15, 0.2) is 0 Å². The number of aromatic nitrogens is 2. The fraction of sp³-hybridized carbons (Fsp3) is 0.222. The Morgan fingerprint density at radius 1 is 1.54 bits per heavy atom.